The third-order valence-electron chi connectivity index (χ3n) is 5.69. The standard InChI is InChI=1S/C28H21FN2O4/c1-2-23(26(32)30-21-14-4-3-13-20(21)29)35-28(33)19-12-8-10-17-9-7-11-18(25(17)19)27-31-22-15-5-6-16-24(22)34-27/h3-16,23H,2H2,1H3,(H,30,32). The lowest BCUT2D eigenvalue weighted by molar-refractivity contribution is -0.124. The highest BCUT2D eigenvalue weighted by molar-refractivity contribution is 6.10. The zero-order valence-electron chi connectivity index (χ0n) is 18.8. The van der Waals surface area contributed by atoms with Crippen LogP contribution in [0.5, 0.6) is 0 Å². The van der Waals surface area contributed by atoms with Crippen LogP contribution < -0.4 is 5.32 Å². The maximum atomic E-state index is 14.0. The molecule has 1 amide bonds. The van der Waals surface area contributed by atoms with Crippen molar-refractivity contribution in [3.8, 4) is 11.5 Å². The van der Waals surface area contributed by atoms with Gasteiger partial charge in [-0.2, -0.15) is 0 Å². The number of ether oxygens (including phenoxy) is 1. The first kappa shape index (κ1) is 22.3. The molecule has 1 N–H and O–H groups in total. The van der Waals surface area contributed by atoms with Gasteiger partial charge in [0, 0.05) is 10.9 Å². The summed E-state index contributed by atoms with van der Waals surface area (Å²) in [4.78, 5) is 30.6. The van der Waals surface area contributed by atoms with Gasteiger partial charge >= 0.3 is 5.97 Å². The fourth-order valence-corrected chi connectivity index (χ4v) is 3.97. The Morgan fingerprint density at radius 1 is 0.971 bits per heavy atom. The van der Waals surface area contributed by atoms with Crippen LogP contribution in [0.1, 0.15) is 23.7 Å². The summed E-state index contributed by atoms with van der Waals surface area (Å²) in [6, 6.07) is 24.0. The summed E-state index contributed by atoms with van der Waals surface area (Å²) in [6.07, 6.45) is -0.886. The summed E-state index contributed by atoms with van der Waals surface area (Å²) >= 11 is 0. The van der Waals surface area contributed by atoms with Crippen LogP contribution >= 0.6 is 0 Å². The topological polar surface area (TPSA) is 81.4 Å². The highest BCUT2D eigenvalue weighted by Gasteiger charge is 2.25. The van der Waals surface area contributed by atoms with Crippen molar-refractivity contribution in [1.29, 1.82) is 0 Å². The molecule has 1 heterocycles. The second-order valence-electron chi connectivity index (χ2n) is 7.97. The molecule has 0 aliphatic heterocycles. The van der Waals surface area contributed by atoms with Gasteiger partial charge in [0.1, 0.15) is 11.3 Å². The minimum absolute atomic E-state index is 0.0235. The van der Waals surface area contributed by atoms with E-state index >= 15 is 0 Å². The monoisotopic (exact) mass is 468 g/mol. The van der Waals surface area contributed by atoms with Crippen LogP contribution in [0, 0.1) is 5.82 Å². The Kier molecular flexibility index (Phi) is 5.97. The normalized spacial score (nSPS) is 11.9. The van der Waals surface area contributed by atoms with Crippen LogP contribution in [0.25, 0.3) is 33.3 Å². The lowest BCUT2D eigenvalue weighted by Crippen LogP contribution is -2.32. The molecule has 0 radical (unpaired) electrons. The molecule has 35 heavy (non-hydrogen) atoms. The third kappa shape index (κ3) is 4.36. The summed E-state index contributed by atoms with van der Waals surface area (Å²) < 4.78 is 25.5. The molecular formula is C28H21FN2O4. The first-order valence-electron chi connectivity index (χ1n) is 11.2. The van der Waals surface area contributed by atoms with Crippen LogP contribution in [0.3, 0.4) is 0 Å². The molecule has 1 aromatic heterocycles. The number of halogens is 1. The van der Waals surface area contributed by atoms with Crippen molar-refractivity contribution in [1.82, 2.24) is 4.98 Å². The second-order valence-corrected chi connectivity index (χ2v) is 7.97. The van der Waals surface area contributed by atoms with E-state index in [2.05, 4.69) is 10.3 Å². The number of carbonyl (C=O) groups excluding carboxylic acids is 2. The number of hydrogen-bond donors (Lipinski definition) is 1. The number of para-hydroxylation sites is 3. The Hall–Kier alpha value is -4.52. The van der Waals surface area contributed by atoms with Crippen LogP contribution in [-0.4, -0.2) is 23.0 Å². The van der Waals surface area contributed by atoms with E-state index < -0.39 is 23.8 Å². The van der Waals surface area contributed by atoms with Crippen molar-refractivity contribution >= 4 is 39.4 Å². The van der Waals surface area contributed by atoms with Crippen molar-refractivity contribution in [2.24, 2.45) is 0 Å². The van der Waals surface area contributed by atoms with Crippen LogP contribution in [0.15, 0.2) is 89.3 Å². The Labute approximate surface area is 200 Å². The van der Waals surface area contributed by atoms with E-state index in [0.29, 0.717) is 27.9 Å². The molecule has 0 spiro atoms. The maximum absolute atomic E-state index is 14.0. The molecule has 5 aromatic rings. The van der Waals surface area contributed by atoms with Crippen molar-refractivity contribution in [3.63, 3.8) is 0 Å². The van der Waals surface area contributed by atoms with Crippen molar-refractivity contribution < 1.29 is 23.1 Å². The summed E-state index contributed by atoms with van der Waals surface area (Å²) in [5, 5.41) is 3.89. The fraction of sp³-hybridized carbons (Fsp3) is 0.107. The van der Waals surface area contributed by atoms with E-state index in [0.717, 1.165) is 5.39 Å². The molecule has 174 valence electrons. The Balaban J connectivity index is 1.48. The van der Waals surface area contributed by atoms with E-state index in [-0.39, 0.29) is 17.7 Å². The van der Waals surface area contributed by atoms with Gasteiger partial charge in [-0.1, -0.05) is 55.5 Å². The maximum Gasteiger partial charge on any atom is 0.339 e. The second kappa shape index (κ2) is 9.38. The number of esters is 1. The molecule has 0 fully saturated rings. The summed E-state index contributed by atoms with van der Waals surface area (Å²) in [7, 11) is 0. The van der Waals surface area contributed by atoms with Gasteiger partial charge in [0.25, 0.3) is 5.91 Å². The van der Waals surface area contributed by atoms with Gasteiger partial charge in [-0.25, -0.2) is 14.2 Å². The predicted molar refractivity (Wildman–Crippen MR) is 131 cm³/mol. The van der Waals surface area contributed by atoms with Crippen molar-refractivity contribution in [3.05, 3.63) is 96.3 Å². The number of amides is 1. The number of carbonyl (C=O) groups is 2. The van der Waals surface area contributed by atoms with E-state index in [1.807, 2.05) is 48.5 Å². The van der Waals surface area contributed by atoms with Crippen molar-refractivity contribution in [2.45, 2.75) is 19.4 Å². The quantitative estimate of drug-likeness (QED) is 0.293. The minimum Gasteiger partial charge on any atom is -0.449 e. The molecule has 6 nitrogen and oxygen atoms in total. The number of nitrogens with zero attached hydrogens (tertiary/aromatic N) is 1. The van der Waals surface area contributed by atoms with Gasteiger partial charge in [-0.05, 0) is 48.2 Å². The molecule has 0 aliphatic carbocycles. The van der Waals surface area contributed by atoms with Gasteiger partial charge in [0.15, 0.2) is 11.7 Å². The number of nitrogens with one attached hydrogen (secondary N) is 1. The fourth-order valence-electron chi connectivity index (χ4n) is 3.97. The predicted octanol–water partition coefficient (Wildman–Crippen LogP) is 6.36. The van der Waals surface area contributed by atoms with Gasteiger partial charge in [0.05, 0.1) is 11.3 Å². The highest BCUT2D eigenvalue weighted by Crippen LogP contribution is 2.33. The molecule has 0 saturated heterocycles. The lowest BCUT2D eigenvalue weighted by atomic mass is 9.99. The average Bonchev–Trinajstić information content (AvgIpc) is 3.32. The molecule has 5 rings (SSSR count). The Bertz CT molecular complexity index is 1520. The van der Waals surface area contributed by atoms with Crippen molar-refractivity contribution in [2.75, 3.05) is 5.32 Å². The van der Waals surface area contributed by atoms with Gasteiger partial charge < -0.3 is 14.5 Å². The third-order valence-corrected chi connectivity index (χ3v) is 5.69. The lowest BCUT2D eigenvalue weighted by Gasteiger charge is -2.17. The van der Waals surface area contributed by atoms with E-state index in [1.54, 1.807) is 25.1 Å². The number of anilines is 1. The zero-order valence-corrected chi connectivity index (χ0v) is 18.8. The van der Waals surface area contributed by atoms with Crippen LogP contribution in [0.4, 0.5) is 10.1 Å². The summed E-state index contributed by atoms with van der Waals surface area (Å²) in [5.74, 6) is -1.47. The molecule has 0 aliphatic rings. The summed E-state index contributed by atoms with van der Waals surface area (Å²) in [6.45, 7) is 1.71. The Morgan fingerprint density at radius 3 is 2.49 bits per heavy atom. The summed E-state index contributed by atoms with van der Waals surface area (Å²) in [5.41, 5.74) is 2.27. The molecule has 0 bridgehead atoms. The number of hydrogen-bond acceptors (Lipinski definition) is 5. The number of aromatic nitrogens is 1. The molecular weight excluding hydrogens is 447 g/mol. The Morgan fingerprint density at radius 2 is 1.71 bits per heavy atom. The van der Waals surface area contributed by atoms with Gasteiger partial charge in [0.2, 0.25) is 5.89 Å². The average molecular weight is 468 g/mol. The van der Waals surface area contributed by atoms with Gasteiger partial charge in [-0.15, -0.1) is 0 Å². The molecule has 0 saturated carbocycles. The molecule has 7 heteroatoms. The molecule has 1 unspecified atom stereocenters. The minimum atomic E-state index is -1.10. The first-order chi connectivity index (χ1) is 17.0. The van der Waals surface area contributed by atoms with E-state index in [4.69, 9.17) is 9.15 Å². The number of rotatable bonds is 6. The largest absolute Gasteiger partial charge is 0.449 e. The van der Waals surface area contributed by atoms with E-state index in [9.17, 15) is 14.0 Å². The van der Waals surface area contributed by atoms with Gasteiger partial charge in [-0.3, -0.25) is 4.79 Å². The highest BCUT2D eigenvalue weighted by atomic mass is 19.1. The number of oxazole rings is 1. The SMILES string of the molecule is CCC(OC(=O)c1cccc2cccc(-c3nc4ccccc4o3)c12)C(=O)Nc1ccccc1F. The number of benzene rings is 4. The van der Waals surface area contributed by atoms with Crippen LogP contribution in [0.2, 0.25) is 0 Å². The number of fused-ring (bicyclic) bond motifs is 2. The molecule has 4 aromatic carbocycles. The zero-order chi connectivity index (χ0) is 24.4. The van der Waals surface area contributed by atoms with E-state index in [1.165, 1.54) is 18.2 Å². The first-order valence-corrected chi connectivity index (χ1v) is 11.2. The smallest absolute Gasteiger partial charge is 0.339 e. The molecule has 1 atom stereocenters. The van der Waals surface area contributed by atoms with Crippen LogP contribution in [-0.2, 0) is 9.53 Å².